The molecule has 2 nitrogen and oxygen atoms in total. The molecular formula is C14H16FNOS. The summed E-state index contributed by atoms with van der Waals surface area (Å²) >= 11 is 1.67. The van der Waals surface area contributed by atoms with Crippen molar-refractivity contribution in [3.05, 3.63) is 47.7 Å². The molecule has 18 heavy (non-hydrogen) atoms. The first-order chi connectivity index (χ1) is 8.74. The lowest BCUT2D eigenvalue weighted by Crippen LogP contribution is -1.97. The Kier molecular flexibility index (Phi) is 4.31. The summed E-state index contributed by atoms with van der Waals surface area (Å²) < 4.78 is 18.7. The van der Waals surface area contributed by atoms with Crippen molar-refractivity contribution in [1.82, 2.24) is 0 Å². The Balaban J connectivity index is 2.24. The molecule has 2 rings (SSSR count). The van der Waals surface area contributed by atoms with E-state index in [0.29, 0.717) is 0 Å². The largest absolute Gasteiger partial charge is 0.468 e. The van der Waals surface area contributed by atoms with Gasteiger partial charge in [0.05, 0.1) is 17.7 Å². The van der Waals surface area contributed by atoms with E-state index in [2.05, 4.69) is 5.32 Å². The third-order valence-corrected chi connectivity index (χ3v) is 3.92. The Bertz CT molecular complexity index is 486. The molecule has 1 aromatic carbocycles. The molecule has 0 saturated carbocycles. The van der Waals surface area contributed by atoms with E-state index in [1.165, 1.54) is 6.07 Å². The Hall–Kier alpha value is -1.42. The molecule has 0 radical (unpaired) electrons. The minimum Gasteiger partial charge on any atom is -0.468 e. The van der Waals surface area contributed by atoms with Gasteiger partial charge in [0.1, 0.15) is 11.6 Å². The molecule has 0 aliphatic heterocycles. The molecule has 1 heterocycles. The summed E-state index contributed by atoms with van der Waals surface area (Å²) in [6.45, 7) is 2.03. The third kappa shape index (κ3) is 2.88. The molecular weight excluding hydrogens is 249 g/mol. The molecule has 0 bridgehead atoms. The number of nitrogens with one attached hydrogen (secondary N) is 1. The zero-order valence-electron chi connectivity index (χ0n) is 10.5. The molecule has 0 aliphatic carbocycles. The molecule has 4 heteroatoms. The average molecular weight is 265 g/mol. The fourth-order valence-electron chi connectivity index (χ4n) is 1.81. The first kappa shape index (κ1) is 13.0. The van der Waals surface area contributed by atoms with Gasteiger partial charge in [0.15, 0.2) is 0 Å². The molecule has 0 atom stereocenters. The van der Waals surface area contributed by atoms with Gasteiger partial charge < -0.3 is 9.73 Å². The molecule has 0 spiro atoms. The van der Waals surface area contributed by atoms with E-state index in [9.17, 15) is 4.39 Å². The fourth-order valence-corrected chi connectivity index (χ4v) is 2.96. The topological polar surface area (TPSA) is 25.2 Å². The second kappa shape index (κ2) is 5.96. The van der Waals surface area contributed by atoms with Crippen molar-refractivity contribution in [1.29, 1.82) is 0 Å². The molecule has 1 N–H and O–H groups in total. The van der Waals surface area contributed by atoms with Crippen LogP contribution in [-0.4, -0.2) is 7.05 Å². The Morgan fingerprint density at radius 3 is 2.83 bits per heavy atom. The Morgan fingerprint density at radius 1 is 1.39 bits per heavy atom. The van der Waals surface area contributed by atoms with E-state index in [4.69, 9.17) is 4.42 Å². The second-order valence-corrected chi connectivity index (χ2v) is 4.90. The van der Waals surface area contributed by atoms with Crippen LogP contribution in [0, 0.1) is 5.82 Å². The molecule has 2 aromatic rings. The van der Waals surface area contributed by atoms with E-state index in [1.807, 2.05) is 26.1 Å². The SMILES string of the molecule is CCc1cc(F)cc(NC)c1SCc1ccco1. The minimum atomic E-state index is -0.196. The number of benzene rings is 1. The lowest BCUT2D eigenvalue weighted by atomic mass is 10.1. The lowest BCUT2D eigenvalue weighted by molar-refractivity contribution is 0.530. The first-order valence-corrected chi connectivity index (χ1v) is 6.88. The third-order valence-electron chi connectivity index (χ3n) is 2.72. The van der Waals surface area contributed by atoms with Gasteiger partial charge >= 0.3 is 0 Å². The summed E-state index contributed by atoms with van der Waals surface area (Å²) in [6.07, 6.45) is 2.48. The van der Waals surface area contributed by atoms with Crippen molar-refractivity contribution >= 4 is 17.4 Å². The average Bonchev–Trinajstić information content (AvgIpc) is 2.89. The molecule has 0 fully saturated rings. The maximum Gasteiger partial charge on any atom is 0.125 e. The quantitative estimate of drug-likeness (QED) is 0.815. The van der Waals surface area contributed by atoms with E-state index >= 15 is 0 Å². The van der Waals surface area contributed by atoms with Crippen LogP contribution in [0.4, 0.5) is 10.1 Å². The normalized spacial score (nSPS) is 10.6. The fraction of sp³-hybridized carbons (Fsp3) is 0.286. The lowest BCUT2D eigenvalue weighted by Gasteiger charge is -2.13. The molecule has 0 unspecified atom stereocenters. The van der Waals surface area contributed by atoms with Gasteiger partial charge in [-0.3, -0.25) is 0 Å². The summed E-state index contributed by atoms with van der Waals surface area (Å²) in [5, 5.41) is 3.05. The van der Waals surface area contributed by atoms with E-state index in [1.54, 1.807) is 24.1 Å². The number of hydrogen-bond acceptors (Lipinski definition) is 3. The van der Waals surface area contributed by atoms with E-state index < -0.39 is 0 Å². The zero-order chi connectivity index (χ0) is 13.0. The number of thioether (sulfide) groups is 1. The van der Waals surface area contributed by atoms with Gasteiger partial charge in [0, 0.05) is 11.9 Å². The number of halogens is 1. The zero-order valence-corrected chi connectivity index (χ0v) is 11.3. The van der Waals surface area contributed by atoms with Crippen LogP contribution in [0.3, 0.4) is 0 Å². The molecule has 0 amide bonds. The Labute approximate surface area is 111 Å². The van der Waals surface area contributed by atoms with Crippen molar-refractivity contribution in [3.63, 3.8) is 0 Å². The van der Waals surface area contributed by atoms with Gasteiger partial charge in [-0.25, -0.2) is 4.39 Å². The predicted molar refractivity (Wildman–Crippen MR) is 73.6 cm³/mol. The van der Waals surface area contributed by atoms with Crippen LogP contribution < -0.4 is 5.32 Å². The Morgan fingerprint density at radius 2 is 2.22 bits per heavy atom. The highest BCUT2D eigenvalue weighted by atomic mass is 32.2. The van der Waals surface area contributed by atoms with Gasteiger partial charge in [0.2, 0.25) is 0 Å². The van der Waals surface area contributed by atoms with Gasteiger partial charge in [-0.2, -0.15) is 0 Å². The van der Waals surface area contributed by atoms with Crippen molar-refractivity contribution in [2.75, 3.05) is 12.4 Å². The van der Waals surface area contributed by atoms with Gasteiger partial charge in [-0.1, -0.05) is 6.92 Å². The van der Waals surface area contributed by atoms with Crippen molar-refractivity contribution in [2.45, 2.75) is 24.0 Å². The van der Waals surface area contributed by atoms with Crippen molar-refractivity contribution in [2.24, 2.45) is 0 Å². The maximum absolute atomic E-state index is 13.4. The highest BCUT2D eigenvalue weighted by Gasteiger charge is 2.10. The van der Waals surface area contributed by atoms with E-state index in [-0.39, 0.29) is 5.82 Å². The number of anilines is 1. The smallest absolute Gasteiger partial charge is 0.125 e. The van der Waals surface area contributed by atoms with Crippen molar-refractivity contribution < 1.29 is 8.81 Å². The van der Waals surface area contributed by atoms with E-state index in [0.717, 1.165) is 34.1 Å². The van der Waals surface area contributed by atoms with Crippen LogP contribution >= 0.6 is 11.8 Å². The predicted octanol–water partition coefficient (Wildman–Crippen LogP) is 4.32. The summed E-state index contributed by atoms with van der Waals surface area (Å²) in [4.78, 5) is 1.10. The van der Waals surface area contributed by atoms with Crippen LogP contribution in [0.15, 0.2) is 39.8 Å². The minimum absolute atomic E-state index is 0.196. The van der Waals surface area contributed by atoms with Crippen LogP contribution in [0.2, 0.25) is 0 Å². The van der Waals surface area contributed by atoms with Gasteiger partial charge in [-0.05, 0) is 36.2 Å². The molecule has 0 aliphatic rings. The second-order valence-electron chi connectivity index (χ2n) is 3.91. The number of hydrogen-bond donors (Lipinski definition) is 1. The summed E-state index contributed by atoms with van der Waals surface area (Å²) in [7, 11) is 1.81. The number of furan rings is 1. The monoisotopic (exact) mass is 265 g/mol. The summed E-state index contributed by atoms with van der Waals surface area (Å²) in [6, 6.07) is 6.95. The highest BCUT2D eigenvalue weighted by Crippen LogP contribution is 2.34. The van der Waals surface area contributed by atoms with Crippen LogP contribution in [0.25, 0.3) is 0 Å². The molecule has 96 valence electrons. The van der Waals surface area contributed by atoms with Gasteiger partial charge in [0.25, 0.3) is 0 Å². The first-order valence-electron chi connectivity index (χ1n) is 5.90. The number of rotatable bonds is 5. The highest BCUT2D eigenvalue weighted by molar-refractivity contribution is 7.98. The van der Waals surface area contributed by atoms with Gasteiger partial charge in [-0.15, -0.1) is 11.8 Å². The van der Waals surface area contributed by atoms with Crippen LogP contribution in [-0.2, 0) is 12.2 Å². The summed E-state index contributed by atoms with van der Waals surface area (Å²) in [5.74, 6) is 1.48. The van der Waals surface area contributed by atoms with Crippen LogP contribution in [0.1, 0.15) is 18.2 Å². The van der Waals surface area contributed by atoms with Crippen LogP contribution in [0.5, 0.6) is 0 Å². The maximum atomic E-state index is 13.4. The molecule has 1 aromatic heterocycles. The van der Waals surface area contributed by atoms with Crippen molar-refractivity contribution in [3.8, 4) is 0 Å². The number of aryl methyl sites for hydroxylation is 1. The standard InChI is InChI=1S/C14H16FNOS/c1-3-10-7-11(15)8-13(16-2)14(10)18-9-12-5-4-6-17-12/h4-8,16H,3,9H2,1-2H3. The summed E-state index contributed by atoms with van der Waals surface area (Å²) in [5.41, 5.74) is 1.86. The molecule has 0 saturated heterocycles.